The van der Waals surface area contributed by atoms with Gasteiger partial charge < -0.3 is 15.0 Å². The molecule has 0 aromatic heterocycles. The fourth-order valence-corrected chi connectivity index (χ4v) is 3.45. The number of carbonyl (C=O) groups excluding carboxylic acids is 1. The molecule has 0 aromatic carbocycles. The zero-order valence-electron chi connectivity index (χ0n) is 13.6. The van der Waals surface area contributed by atoms with Gasteiger partial charge in [-0.2, -0.15) is 0 Å². The van der Waals surface area contributed by atoms with Crippen molar-refractivity contribution < 1.29 is 9.53 Å². The Morgan fingerprint density at radius 1 is 1.38 bits per heavy atom. The Labute approximate surface area is 128 Å². The van der Waals surface area contributed by atoms with E-state index >= 15 is 0 Å². The van der Waals surface area contributed by atoms with E-state index in [-0.39, 0.29) is 6.09 Å². The van der Waals surface area contributed by atoms with Crippen LogP contribution in [0.5, 0.6) is 0 Å². The monoisotopic (exact) mass is 292 g/mol. The molecule has 0 atom stereocenters. The molecule has 2 fully saturated rings. The lowest BCUT2D eigenvalue weighted by Gasteiger charge is -2.53. The predicted molar refractivity (Wildman–Crippen MR) is 83.9 cm³/mol. The maximum absolute atomic E-state index is 12.4. The second-order valence-corrected chi connectivity index (χ2v) is 7.44. The van der Waals surface area contributed by atoms with Crippen molar-refractivity contribution in [2.45, 2.75) is 64.5 Å². The molecular weight excluding hydrogens is 264 g/mol. The number of amides is 1. The van der Waals surface area contributed by atoms with Crippen LogP contribution in [0.4, 0.5) is 4.79 Å². The third-order valence-electron chi connectivity index (χ3n) is 4.57. The van der Waals surface area contributed by atoms with Gasteiger partial charge in [0.1, 0.15) is 5.60 Å². The number of carbonyl (C=O) groups is 1. The van der Waals surface area contributed by atoms with E-state index in [0.29, 0.717) is 24.4 Å². The van der Waals surface area contributed by atoms with Crippen molar-refractivity contribution in [3.63, 3.8) is 0 Å². The van der Waals surface area contributed by atoms with E-state index in [1.165, 1.54) is 12.8 Å². The fraction of sp³-hybridized carbons (Fsp3) is 0.824. The van der Waals surface area contributed by atoms with E-state index in [0.717, 1.165) is 25.9 Å². The molecule has 4 nitrogen and oxygen atoms in total. The normalized spacial score (nSPS) is 21.4. The summed E-state index contributed by atoms with van der Waals surface area (Å²) in [4.78, 5) is 14.3. The quantitative estimate of drug-likeness (QED) is 0.813. The number of nitrogens with one attached hydrogen (secondary N) is 1. The molecule has 1 spiro atoms. The molecule has 2 aliphatic rings. The third kappa shape index (κ3) is 4.14. The maximum atomic E-state index is 12.4. The summed E-state index contributed by atoms with van der Waals surface area (Å²) in [6, 6.07) is 0.297. The summed E-state index contributed by atoms with van der Waals surface area (Å²) >= 11 is 0. The van der Waals surface area contributed by atoms with Crippen LogP contribution in [0, 0.1) is 17.8 Å². The summed E-state index contributed by atoms with van der Waals surface area (Å²) in [6.07, 6.45) is 10.4. The minimum Gasteiger partial charge on any atom is -0.444 e. The van der Waals surface area contributed by atoms with Gasteiger partial charge in [-0.25, -0.2) is 4.79 Å². The number of rotatable bonds is 3. The number of nitrogens with zero attached hydrogens (tertiary/aromatic N) is 1. The smallest absolute Gasteiger partial charge is 0.410 e. The molecular formula is C17H28N2O2. The lowest BCUT2D eigenvalue weighted by molar-refractivity contribution is -0.0375. The Morgan fingerprint density at radius 3 is 2.52 bits per heavy atom. The zero-order chi connectivity index (χ0) is 15.5. The summed E-state index contributed by atoms with van der Waals surface area (Å²) in [5.74, 6) is 2.63. The highest BCUT2D eigenvalue weighted by atomic mass is 16.6. The van der Waals surface area contributed by atoms with Crippen LogP contribution in [-0.2, 0) is 4.74 Å². The molecule has 1 saturated carbocycles. The largest absolute Gasteiger partial charge is 0.444 e. The molecule has 0 aromatic rings. The van der Waals surface area contributed by atoms with Gasteiger partial charge in [-0.05, 0) is 65.0 Å². The molecule has 1 heterocycles. The van der Waals surface area contributed by atoms with E-state index in [9.17, 15) is 4.79 Å². The van der Waals surface area contributed by atoms with Gasteiger partial charge in [0.05, 0.1) is 0 Å². The molecule has 1 amide bonds. The highest BCUT2D eigenvalue weighted by molar-refractivity contribution is 5.68. The van der Waals surface area contributed by atoms with Crippen molar-refractivity contribution >= 4 is 6.09 Å². The molecule has 0 unspecified atom stereocenters. The molecule has 2 rings (SSSR count). The van der Waals surface area contributed by atoms with E-state index in [1.54, 1.807) is 0 Å². The first-order chi connectivity index (χ1) is 9.85. The molecule has 1 aliphatic heterocycles. The molecule has 1 saturated heterocycles. The summed E-state index contributed by atoms with van der Waals surface area (Å²) < 4.78 is 5.54. The highest BCUT2D eigenvalue weighted by Gasteiger charge is 2.48. The van der Waals surface area contributed by atoms with Crippen molar-refractivity contribution in [1.82, 2.24) is 10.2 Å². The van der Waals surface area contributed by atoms with Crippen LogP contribution in [0.2, 0.25) is 0 Å². The second kappa shape index (κ2) is 6.27. The fourth-order valence-electron chi connectivity index (χ4n) is 3.45. The molecule has 0 radical (unpaired) electrons. The van der Waals surface area contributed by atoms with Crippen LogP contribution >= 0.6 is 0 Å². The standard InChI is InChI=1S/C17H28N2O2/c1-5-6-11-19(15(20)21-16(2,3)4)14-12-17(13-14)7-9-18-10-8-17/h1,14,18H,6-13H2,2-4H3. The van der Waals surface area contributed by atoms with Crippen LogP contribution in [0.15, 0.2) is 0 Å². The highest BCUT2D eigenvalue weighted by Crippen LogP contribution is 2.50. The van der Waals surface area contributed by atoms with Crippen molar-refractivity contribution in [2.24, 2.45) is 5.41 Å². The summed E-state index contributed by atoms with van der Waals surface area (Å²) in [7, 11) is 0. The number of hydrogen-bond donors (Lipinski definition) is 1. The van der Waals surface area contributed by atoms with Crippen molar-refractivity contribution in [3.8, 4) is 12.3 Å². The number of hydrogen-bond acceptors (Lipinski definition) is 3. The minimum atomic E-state index is -0.457. The first-order valence-electron chi connectivity index (χ1n) is 7.99. The lowest BCUT2D eigenvalue weighted by Crippen LogP contribution is -2.56. The number of terminal acetylenes is 1. The first-order valence-corrected chi connectivity index (χ1v) is 7.99. The van der Waals surface area contributed by atoms with Crippen LogP contribution in [0.1, 0.15) is 52.9 Å². The first kappa shape index (κ1) is 16.2. The molecule has 118 valence electrons. The lowest BCUT2D eigenvalue weighted by atomic mass is 9.60. The Bertz CT molecular complexity index is 405. The van der Waals surface area contributed by atoms with Crippen molar-refractivity contribution in [2.75, 3.05) is 19.6 Å². The van der Waals surface area contributed by atoms with Gasteiger partial charge in [-0.3, -0.25) is 0 Å². The molecule has 21 heavy (non-hydrogen) atoms. The van der Waals surface area contributed by atoms with Crippen LogP contribution < -0.4 is 5.32 Å². The third-order valence-corrected chi connectivity index (χ3v) is 4.57. The number of ether oxygens (including phenoxy) is 1. The average molecular weight is 292 g/mol. The molecule has 1 N–H and O–H groups in total. The number of piperidine rings is 1. The van der Waals surface area contributed by atoms with Crippen LogP contribution in [-0.4, -0.2) is 42.3 Å². The average Bonchev–Trinajstić information content (AvgIpc) is 2.36. The summed E-state index contributed by atoms with van der Waals surface area (Å²) in [5.41, 5.74) is -0.00596. The maximum Gasteiger partial charge on any atom is 0.410 e. The van der Waals surface area contributed by atoms with Gasteiger partial charge in [0.2, 0.25) is 0 Å². The molecule has 0 bridgehead atoms. The Kier molecular flexibility index (Phi) is 4.83. The SMILES string of the molecule is C#CCCN(C(=O)OC(C)(C)C)C1CC2(CCNCC2)C1. The van der Waals surface area contributed by atoms with Crippen molar-refractivity contribution in [1.29, 1.82) is 0 Å². The van der Waals surface area contributed by atoms with Gasteiger partial charge in [0, 0.05) is 19.0 Å². The zero-order valence-corrected chi connectivity index (χ0v) is 13.6. The second-order valence-electron chi connectivity index (χ2n) is 7.44. The Morgan fingerprint density at radius 2 is 2.00 bits per heavy atom. The van der Waals surface area contributed by atoms with Gasteiger partial charge in [-0.1, -0.05) is 0 Å². The van der Waals surface area contributed by atoms with E-state index in [4.69, 9.17) is 11.2 Å². The van der Waals surface area contributed by atoms with Gasteiger partial charge in [-0.15, -0.1) is 12.3 Å². The van der Waals surface area contributed by atoms with Gasteiger partial charge in [0.25, 0.3) is 0 Å². The summed E-state index contributed by atoms with van der Waals surface area (Å²) in [6.45, 7) is 8.51. The predicted octanol–water partition coefficient (Wildman–Crippen LogP) is 2.78. The minimum absolute atomic E-state index is 0.216. The van der Waals surface area contributed by atoms with E-state index in [2.05, 4.69) is 11.2 Å². The van der Waals surface area contributed by atoms with Gasteiger partial charge >= 0.3 is 6.09 Å². The Balaban J connectivity index is 1.94. The molecule has 1 aliphatic carbocycles. The Hall–Kier alpha value is -1.21. The van der Waals surface area contributed by atoms with Gasteiger partial charge in [0.15, 0.2) is 0 Å². The van der Waals surface area contributed by atoms with E-state index < -0.39 is 5.60 Å². The summed E-state index contributed by atoms with van der Waals surface area (Å²) in [5, 5.41) is 3.41. The van der Waals surface area contributed by atoms with Crippen LogP contribution in [0.25, 0.3) is 0 Å². The van der Waals surface area contributed by atoms with E-state index in [1.807, 2.05) is 25.7 Å². The molecule has 4 heteroatoms. The van der Waals surface area contributed by atoms with Crippen LogP contribution in [0.3, 0.4) is 0 Å². The topological polar surface area (TPSA) is 41.6 Å². The van der Waals surface area contributed by atoms with Crippen molar-refractivity contribution in [3.05, 3.63) is 0 Å².